The fraction of sp³-hybridized carbons (Fsp3) is 0.267. The highest BCUT2D eigenvalue weighted by Crippen LogP contribution is 2.16. The van der Waals surface area contributed by atoms with E-state index in [1.54, 1.807) is 18.6 Å². The number of carbonyl (C=O) groups excluding carboxylic acids is 1. The van der Waals surface area contributed by atoms with E-state index in [1.807, 2.05) is 38.1 Å². The zero-order valence-electron chi connectivity index (χ0n) is 11.6. The first-order valence-corrected chi connectivity index (χ1v) is 6.55. The SMILES string of the molecule is CC(C)C(=O)Nc1cccc(NCc2cnccn2)c1. The Kier molecular flexibility index (Phi) is 4.65. The standard InChI is InChI=1S/C15H18N4O/c1-11(2)15(20)19-13-5-3-4-12(8-13)18-10-14-9-16-6-7-17-14/h3-9,11,18H,10H2,1-2H3,(H,19,20). The molecule has 1 heterocycles. The van der Waals surface area contributed by atoms with Crippen LogP contribution in [0.4, 0.5) is 11.4 Å². The molecule has 0 aliphatic rings. The topological polar surface area (TPSA) is 66.9 Å². The summed E-state index contributed by atoms with van der Waals surface area (Å²) in [5, 5.41) is 6.12. The molecule has 2 rings (SSSR count). The Morgan fingerprint density at radius 2 is 2.05 bits per heavy atom. The van der Waals surface area contributed by atoms with Crippen LogP contribution < -0.4 is 10.6 Å². The maximum atomic E-state index is 11.7. The van der Waals surface area contributed by atoms with Crippen molar-refractivity contribution in [3.63, 3.8) is 0 Å². The molecular formula is C15H18N4O. The highest BCUT2D eigenvalue weighted by Gasteiger charge is 2.07. The van der Waals surface area contributed by atoms with Crippen LogP contribution in [0.15, 0.2) is 42.9 Å². The Balaban J connectivity index is 1.97. The van der Waals surface area contributed by atoms with Gasteiger partial charge in [0.05, 0.1) is 18.4 Å². The van der Waals surface area contributed by atoms with Gasteiger partial charge in [0, 0.05) is 29.7 Å². The molecule has 0 unspecified atom stereocenters. The van der Waals surface area contributed by atoms with E-state index in [-0.39, 0.29) is 11.8 Å². The lowest BCUT2D eigenvalue weighted by atomic mass is 10.2. The zero-order chi connectivity index (χ0) is 14.4. The van der Waals surface area contributed by atoms with Gasteiger partial charge in [-0.2, -0.15) is 0 Å². The number of anilines is 2. The van der Waals surface area contributed by atoms with Crippen LogP contribution in [0.25, 0.3) is 0 Å². The van der Waals surface area contributed by atoms with Crippen LogP contribution in [0.5, 0.6) is 0 Å². The van der Waals surface area contributed by atoms with Crippen molar-refractivity contribution < 1.29 is 4.79 Å². The number of rotatable bonds is 5. The molecule has 0 aliphatic heterocycles. The maximum Gasteiger partial charge on any atom is 0.226 e. The van der Waals surface area contributed by atoms with Gasteiger partial charge in [-0.1, -0.05) is 19.9 Å². The van der Waals surface area contributed by atoms with Crippen molar-refractivity contribution in [2.24, 2.45) is 5.92 Å². The summed E-state index contributed by atoms with van der Waals surface area (Å²) in [7, 11) is 0. The van der Waals surface area contributed by atoms with Crippen molar-refractivity contribution in [1.29, 1.82) is 0 Å². The number of amides is 1. The predicted octanol–water partition coefficient (Wildman–Crippen LogP) is 2.68. The predicted molar refractivity (Wildman–Crippen MR) is 79.3 cm³/mol. The number of benzene rings is 1. The fourth-order valence-electron chi connectivity index (χ4n) is 1.61. The molecule has 1 amide bonds. The Bertz CT molecular complexity index is 569. The summed E-state index contributed by atoms with van der Waals surface area (Å²) in [6.45, 7) is 4.33. The van der Waals surface area contributed by atoms with Crippen LogP contribution in [-0.4, -0.2) is 15.9 Å². The zero-order valence-corrected chi connectivity index (χ0v) is 11.6. The number of hydrogen-bond donors (Lipinski definition) is 2. The van der Waals surface area contributed by atoms with Gasteiger partial charge >= 0.3 is 0 Å². The van der Waals surface area contributed by atoms with Crippen LogP contribution in [0.2, 0.25) is 0 Å². The van der Waals surface area contributed by atoms with Crippen molar-refractivity contribution in [3.8, 4) is 0 Å². The van der Waals surface area contributed by atoms with Gasteiger partial charge in [-0.05, 0) is 18.2 Å². The van der Waals surface area contributed by atoms with Crippen molar-refractivity contribution in [2.75, 3.05) is 10.6 Å². The lowest BCUT2D eigenvalue weighted by Gasteiger charge is -2.10. The van der Waals surface area contributed by atoms with Gasteiger partial charge in [0.25, 0.3) is 0 Å². The Labute approximate surface area is 118 Å². The summed E-state index contributed by atoms with van der Waals surface area (Å²) in [5.41, 5.74) is 2.58. The van der Waals surface area contributed by atoms with Crippen LogP contribution >= 0.6 is 0 Å². The first kappa shape index (κ1) is 14.0. The summed E-state index contributed by atoms with van der Waals surface area (Å²) < 4.78 is 0. The molecule has 104 valence electrons. The molecule has 5 heteroatoms. The average Bonchev–Trinajstić information content (AvgIpc) is 2.46. The Morgan fingerprint density at radius 3 is 2.75 bits per heavy atom. The second-order valence-corrected chi connectivity index (χ2v) is 4.78. The normalized spacial score (nSPS) is 10.3. The minimum Gasteiger partial charge on any atom is -0.379 e. The highest BCUT2D eigenvalue weighted by molar-refractivity contribution is 5.92. The van der Waals surface area contributed by atoms with Crippen LogP contribution in [0, 0.1) is 5.92 Å². The highest BCUT2D eigenvalue weighted by atomic mass is 16.1. The van der Waals surface area contributed by atoms with Gasteiger partial charge in [-0.25, -0.2) is 0 Å². The molecule has 0 saturated heterocycles. The molecule has 0 spiro atoms. The molecule has 0 fully saturated rings. The summed E-state index contributed by atoms with van der Waals surface area (Å²) in [6.07, 6.45) is 5.03. The molecule has 0 aliphatic carbocycles. The molecule has 0 bridgehead atoms. The second kappa shape index (κ2) is 6.65. The van der Waals surface area contributed by atoms with Crippen molar-refractivity contribution >= 4 is 17.3 Å². The minimum absolute atomic E-state index is 0.0103. The number of aromatic nitrogens is 2. The minimum atomic E-state index is -0.0359. The van der Waals surface area contributed by atoms with E-state index in [0.717, 1.165) is 17.1 Å². The van der Waals surface area contributed by atoms with E-state index in [9.17, 15) is 4.79 Å². The largest absolute Gasteiger partial charge is 0.379 e. The molecule has 0 radical (unpaired) electrons. The maximum absolute atomic E-state index is 11.7. The summed E-state index contributed by atoms with van der Waals surface area (Å²) in [5.74, 6) is -0.0257. The number of nitrogens with zero attached hydrogens (tertiary/aromatic N) is 2. The smallest absolute Gasteiger partial charge is 0.226 e. The van der Waals surface area contributed by atoms with Gasteiger partial charge in [-0.15, -0.1) is 0 Å². The first-order chi connectivity index (χ1) is 9.65. The Hall–Kier alpha value is -2.43. The molecule has 2 N–H and O–H groups in total. The average molecular weight is 270 g/mol. The third-order valence-electron chi connectivity index (χ3n) is 2.74. The van der Waals surface area contributed by atoms with Gasteiger partial charge in [0.15, 0.2) is 0 Å². The van der Waals surface area contributed by atoms with Crippen molar-refractivity contribution in [1.82, 2.24) is 9.97 Å². The van der Waals surface area contributed by atoms with Gasteiger partial charge < -0.3 is 10.6 Å². The van der Waals surface area contributed by atoms with Crippen LogP contribution in [0.1, 0.15) is 19.5 Å². The number of carbonyl (C=O) groups is 1. The molecule has 5 nitrogen and oxygen atoms in total. The first-order valence-electron chi connectivity index (χ1n) is 6.55. The van der Waals surface area contributed by atoms with Crippen LogP contribution in [-0.2, 0) is 11.3 Å². The molecular weight excluding hydrogens is 252 g/mol. The lowest BCUT2D eigenvalue weighted by molar-refractivity contribution is -0.118. The molecule has 2 aromatic rings. The van der Waals surface area contributed by atoms with Gasteiger partial charge in [0.1, 0.15) is 0 Å². The summed E-state index contributed by atoms with van der Waals surface area (Å²) >= 11 is 0. The molecule has 1 aromatic heterocycles. The quantitative estimate of drug-likeness (QED) is 0.876. The van der Waals surface area contributed by atoms with Crippen molar-refractivity contribution in [3.05, 3.63) is 48.5 Å². The molecule has 0 saturated carbocycles. The molecule has 0 atom stereocenters. The Morgan fingerprint density at radius 1 is 1.25 bits per heavy atom. The fourth-order valence-corrected chi connectivity index (χ4v) is 1.61. The third-order valence-corrected chi connectivity index (χ3v) is 2.74. The molecule has 20 heavy (non-hydrogen) atoms. The third kappa shape index (κ3) is 4.05. The van der Waals surface area contributed by atoms with E-state index in [4.69, 9.17) is 0 Å². The van der Waals surface area contributed by atoms with Gasteiger partial charge in [0.2, 0.25) is 5.91 Å². The number of hydrogen-bond acceptors (Lipinski definition) is 4. The number of nitrogens with one attached hydrogen (secondary N) is 2. The van der Waals surface area contributed by atoms with E-state index < -0.39 is 0 Å². The molecule has 1 aromatic carbocycles. The van der Waals surface area contributed by atoms with E-state index >= 15 is 0 Å². The van der Waals surface area contributed by atoms with E-state index in [0.29, 0.717) is 6.54 Å². The monoisotopic (exact) mass is 270 g/mol. The van der Waals surface area contributed by atoms with Gasteiger partial charge in [-0.3, -0.25) is 14.8 Å². The van der Waals surface area contributed by atoms with Crippen molar-refractivity contribution in [2.45, 2.75) is 20.4 Å². The van der Waals surface area contributed by atoms with E-state index in [1.165, 1.54) is 0 Å². The second-order valence-electron chi connectivity index (χ2n) is 4.78. The summed E-state index contributed by atoms with van der Waals surface area (Å²) in [6, 6.07) is 7.61. The summed E-state index contributed by atoms with van der Waals surface area (Å²) in [4.78, 5) is 19.9. The lowest BCUT2D eigenvalue weighted by Crippen LogP contribution is -2.17. The van der Waals surface area contributed by atoms with E-state index in [2.05, 4.69) is 20.6 Å². The van der Waals surface area contributed by atoms with Crippen LogP contribution in [0.3, 0.4) is 0 Å².